The highest BCUT2D eigenvalue weighted by Gasteiger charge is 2.39. The van der Waals surface area contributed by atoms with Gasteiger partial charge in [0.05, 0.1) is 0 Å². The van der Waals surface area contributed by atoms with Crippen LogP contribution in [0.3, 0.4) is 0 Å². The van der Waals surface area contributed by atoms with E-state index in [1.807, 2.05) is 51.1 Å². The Balaban J connectivity index is 1.38. The topological polar surface area (TPSA) is 97.0 Å². The van der Waals surface area contributed by atoms with E-state index in [4.69, 9.17) is 9.47 Å². The minimum atomic E-state index is -0.348. The number of aryl methyl sites for hydroxylation is 1. The Labute approximate surface area is 225 Å². The van der Waals surface area contributed by atoms with Crippen LogP contribution in [-0.2, 0) is 9.59 Å². The number of imide groups is 1. The summed E-state index contributed by atoms with van der Waals surface area (Å²) in [6.07, 6.45) is 0. The van der Waals surface area contributed by atoms with Crippen molar-refractivity contribution < 1.29 is 23.9 Å². The van der Waals surface area contributed by atoms with E-state index in [-0.39, 0.29) is 36.1 Å². The zero-order valence-corrected chi connectivity index (χ0v) is 22.1. The summed E-state index contributed by atoms with van der Waals surface area (Å²) in [6.45, 7) is 6.37. The summed E-state index contributed by atoms with van der Waals surface area (Å²) in [7, 11) is 0. The zero-order chi connectivity index (χ0) is 26.8. The highest BCUT2D eigenvalue weighted by molar-refractivity contribution is 8.04. The van der Waals surface area contributed by atoms with Crippen molar-refractivity contribution in [1.82, 2.24) is 4.90 Å². The summed E-state index contributed by atoms with van der Waals surface area (Å²) in [6, 6.07) is 19.8. The van der Waals surface area contributed by atoms with Crippen molar-refractivity contribution in [3.63, 3.8) is 0 Å². The molecule has 0 fully saturated rings. The van der Waals surface area contributed by atoms with Gasteiger partial charge in [0.15, 0.2) is 11.5 Å². The predicted molar refractivity (Wildman–Crippen MR) is 146 cm³/mol. The summed E-state index contributed by atoms with van der Waals surface area (Å²) in [5.74, 6) is 0.268. The molecule has 8 nitrogen and oxygen atoms in total. The van der Waals surface area contributed by atoms with Crippen molar-refractivity contribution in [3.8, 4) is 11.5 Å². The number of nitrogens with zero attached hydrogens (tertiary/aromatic N) is 1. The van der Waals surface area contributed by atoms with Gasteiger partial charge in [-0.15, -0.1) is 0 Å². The number of carbonyl (C=O) groups excluding carboxylic acids is 3. The van der Waals surface area contributed by atoms with E-state index in [0.717, 1.165) is 11.3 Å². The van der Waals surface area contributed by atoms with Crippen LogP contribution < -0.4 is 20.1 Å². The third-order valence-electron chi connectivity index (χ3n) is 5.94. The van der Waals surface area contributed by atoms with Gasteiger partial charge in [0, 0.05) is 28.4 Å². The summed E-state index contributed by atoms with van der Waals surface area (Å²) in [5.41, 5.74) is 3.05. The Morgan fingerprint density at radius 3 is 2.47 bits per heavy atom. The summed E-state index contributed by atoms with van der Waals surface area (Å²) < 4.78 is 10.7. The van der Waals surface area contributed by atoms with Gasteiger partial charge in [-0.25, -0.2) is 0 Å². The lowest BCUT2D eigenvalue weighted by Gasteiger charge is -2.17. The van der Waals surface area contributed by atoms with E-state index < -0.39 is 0 Å². The number of amides is 3. The molecular weight excluding hydrogens is 502 g/mol. The summed E-state index contributed by atoms with van der Waals surface area (Å²) in [5, 5.41) is 6.05. The van der Waals surface area contributed by atoms with Gasteiger partial charge in [-0.05, 0) is 61.4 Å². The van der Waals surface area contributed by atoms with E-state index in [9.17, 15) is 14.4 Å². The van der Waals surface area contributed by atoms with Gasteiger partial charge in [-0.2, -0.15) is 0 Å². The molecule has 0 unspecified atom stereocenters. The summed E-state index contributed by atoms with van der Waals surface area (Å²) in [4.78, 5) is 41.8. The number of fused-ring (bicyclic) bond motifs is 1. The molecule has 3 aromatic rings. The molecule has 38 heavy (non-hydrogen) atoms. The Bertz CT molecular complexity index is 1450. The molecule has 2 aliphatic heterocycles. The second-order valence-corrected chi connectivity index (χ2v) is 10.5. The van der Waals surface area contributed by atoms with E-state index >= 15 is 0 Å². The average Bonchev–Trinajstić information content (AvgIpc) is 3.45. The van der Waals surface area contributed by atoms with Gasteiger partial charge in [0.1, 0.15) is 10.6 Å². The molecule has 0 bridgehead atoms. The van der Waals surface area contributed by atoms with Gasteiger partial charge in [-0.1, -0.05) is 49.4 Å². The lowest BCUT2D eigenvalue weighted by atomic mass is 10.2. The van der Waals surface area contributed by atoms with Crippen LogP contribution in [0.4, 0.5) is 11.4 Å². The number of benzene rings is 3. The predicted octanol–water partition coefficient (Wildman–Crippen LogP) is 5.42. The second kappa shape index (κ2) is 10.6. The monoisotopic (exact) mass is 529 g/mol. The van der Waals surface area contributed by atoms with E-state index in [2.05, 4.69) is 10.6 Å². The largest absolute Gasteiger partial charge is 0.454 e. The van der Waals surface area contributed by atoms with Crippen molar-refractivity contribution in [2.75, 3.05) is 24.0 Å². The molecule has 0 aliphatic carbocycles. The number of carbonyl (C=O) groups is 3. The summed E-state index contributed by atoms with van der Waals surface area (Å²) >= 11 is 1.20. The molecule has 2 N–H and O–H groups in total. The number of hydrogen-bond acceptors (Lipinski definition) is 7. The molecule has 9 heteroatoms. The maximum absolute atomic E-state index is 13.3. The third kappa shape index (κ3) is 5.38. The first-order chi connectivity index (χ1) is 18.3. The number of anilines is 2. The van der Waals surface area contributed by atoms with E-state index in [1.54, 1.807) is 36.4 Å². The van der Waals surface area contributed by atoms with Gasteiger partial charge in [-0.3, -0.25) is 19.3 Å². The molecule has 0 saturated carbocycles. The maximum atomic E-state index is 13.3. The molecule has 0 radical (unpaired) electrons. The van der Waals surface area contributed by atoms with Crippen molar-refractivity contribution in [1.29, 1.82) is 0 Å². The van der Waals surface area contributed by atoms with Crippen molar-refractivity contribution in [3.05, 3.63) is 88.5 Å². The molecule has 0 atom stereocenters. The van der Waals surface area contributed by atoms with E-state index in [0.29, 0.717) is 39.1 Å². The lowest BCUT2D eigenvalue weighted by molar-refractivity contribution is -0.137. The number of hydrogen-bond donors (Lipinski definition) is 2. The molecule has 2 heterocycles. The fourth-order valence-corrected chi connectivity index (χ4v) is 5.07. The van der Waals surface area contributed by atoms with Crippen LogP contribution in [0.2, 0.25) is 0 Å². The standard InChI is InChI=1S/C29H27N3O5S/c1-17(2)15-32-28(34)25(30-20-10-7-18(3)8-11-20)26(29(32)35)38-22-6-4-5-21(14-22)31-27(33)19-9-12-23-24(13-19)37-16-36-23/h4-14,17,30H,15-16H2,1-3H3,(H,31,33). The van der Waals surface area contributed by atoms with Crippen molar-refractivity contribution in [2.24, 2.45) is 5.92 Å². The molecule has 0 spiro atoms. The Morgan fingerprint density at radius 2 is 1.71 bits per heavy atom. The third-order valence-corrected chi connectivity index (χ3v) is 7.01. The molecule has 194 valence electrons. The lowest BCUT2D eigenvalue weighted by Crippen LogP contribution is -2.35. The average molecular weight is 530 g/mol. The first-order valence-corrected chi connectivity index (χ1v) is 13.0. The van der Waals surface area contributed by atoms with Crippen LogP contribution in [0, 0.1) is 12.8 Å². The molecule has 2 aliphatic rings. The van der Waals surface area contributed by atoms with Gasteiger partial charge < -0.3 is 20.1 Å². The molecule has 3 amide bonds. The van der Waals surface area contributed by atoms with Crippen LogP contribution in [-0.4, -0.2) is 36.0 Å². The van der Waals surface area contributed by atoms with Gasteiger partial charge >= 0.3 is 0 Å². The Hall–Kier alpha value is -4.24. The van der Waals surface area contributed by atoms with Crippen LogP contribution in [0.15, 0.2) is 82.2 Å². The normalized spacial score (nSPS) is 14.5. The highest BCUT2D eigenvalue weighted by atomic mass is 32.2. The number of rotatable bonds is 8. The van der Waals surface area contributed by atoms with Crippen LogP contribution in [0.1, 0.15) is 29.8 Å². The fraction of sp³-hybridized carbons (Fsp3) is 0.207. The van der Waals surface area contributed by atoms with Crippen molar-refractivity contribution >= 4 is 40.9 Å². The van der Waals surface area contributed by atoms with E-state index in [1.165, 1.54) is 16.7 Å². The first-order valence-electron chi connectivity index (χ1n) is 12.2. The molecule has 3 aromatic carbocycles. The Morgan fingerprint density at radius 1 is 0.947 bits per heavy atom. The van der Waals surface area contributed by atoms with Gasteiger partial charge in [0.25, 0.3) is 17.7 Å². The van der Waals surface area contributed by atoms with Crippen LogP contribution in [0.25, 0.3) is 0 Å². The quantitative estimate of drug-likeness (QED) is 0.376. The van der Waals surface area contributed by atoms with Crippen molar-refractivity contribution in [2.45, 2.75) is 25.7 Å². The highest BCUT2D eigenvalue weighted by Crippen LogP contribution is 2.37. The van der Waals surface area contributed by atoms with Gasteiger partial charge in [0.2, 0.25) is 6.79 Å². The minimum Gasteiger partial charge on any atom is -0.454 e. The molecule has 0 aromatic heterocycles. The Kier molecular flexibility index (Phi) is 7.11. The molecule has 0 saturated heterocycles. The first kappa shape index (κ1) is 25.4. The maximum Gasteiger partial charge on any atom is 0.278 e. The second-order valence-electron chi connectivity index (χ2n) is 9.46. The van der Waals surface area contributed by atoms with Crippen LogP contribution >= 0.6 is 11.8 Å². The SMILES string of the molecule is Cc1ccc(NC2=C(Sc3cccc(NC(=O)c4ccc5c(c4)OCO5)c3)C(=O)N(CC(C)C)C2=O)cc1. The fourth-order valence-electron chi connectivity index (χ4n) is 4.07. The molecule has 5 rings (SSSR count). The molecular formula is C29H27N3O5S. The number of nitrogens with one attached hydrogen (secondary N) is 2. The number of ether oxygens (including phenoxy) is 2. The van der Waals surface area contributed by atoms with Crippen LogP contribution in [0.5, 0.6) is 11.5 Å². The smallest absolute Gasteiger partial charge is 0.278 e. The minimum absolute atomic E-state index is 0.127. The zero-order valence-electron chi connectivity index (χ0n) is 21.2. The number of thioether (sulfide) groups is 1.